The summed E-state index contributed by atoms with van der Waals surface area (Å²) in [6, 6.07) is 0. The smallest absolute Gasteiger partial charge is 0.171 e. The number of aliphatic hydroxyl groups is 3. The molecule has 5 heteroatoms. The zero-order valence-corrected chi connectivity index (χ0v) is 20.4. The highest BCUT2D eigenvalue weighted by Crippen LogP contribution is 2.71. The van der Waals surface area contributed by atoms with E-state index in [0.717, 1.165) is 25.9 Å². The van der Waals surface area contributed by atoms with Gasteiger partial charge in [-0.25, -0.2) is 0 Å². The molecule has 4 aliphatic carbocycles. The first-order valence-corrected chi connectivity index (χ1v) is 13.4. The van der Waals surface area contributed by atoms with Gasteiger partial charge in [-0.1, -0.05) is 27.7 Å². The summed E-state index contributed by atoms with van der Waals surface area (Å²) in [7, 11) is 0. The fraction of sp³-hybridized carbons (Fsp3) is 1.00. The van der Waals surface area contributed by atoms with Gasteiger partial charge in [-0.2, -0.15) is 0 Å². The first kappa shape index (κ1) is 22.3. The van der Waals surface area contributed by atoms with Crippen LogP contribution in [-0.2, 0) is 9.47 Å². The van der Waals surface area contributed by atoms with Crippen LogP contribution in [0.25, 0.3) is 0 Å². The normalized spacial score (nSPS) is 64.0. The van der Waals surface area contributed by atoms with Crippen LogP contribution in [0.5, 0.6) is 0 Å². The lowest BCUT2D eigenvalue weighted by Gasteiger charge is -2.62. The first-order chi connectivity index (χ1) is 15.1. The van der Waals surface area contributed by atoms with Crippen molar-refractivity contribution in [3.05, 3.63) is 0 Å². The fourth-order valence-electron chi connectivity index (χ4n) is 10.3. The zero-order valence-electron chi connectivity index (χ0n) is 20.4. The van der Waals surface area contributed by atoms with Gasteiger partial charge in [0.15, 0.2) is 5.79 Å². The predicted octanol–water partition coefficient (Wildman–Crippen LogP) is 3.74. The van der Waals surface area contributed by atoms with Gasteiger partial charge >= 0.3 is 0 Å². The lowest BCUT2D eigenvalue weighted by Crippen LogP contribution is -2.61. The molecular weight excluding hydrogens is 404 g/mol. The molecule has 1 spiro atoms. The van der Waals surface area contributed by atoms with Gasteiger partial charge in [-0.15, -0.1) is 0 Å². The standard InChI is InChI=1S/C27H44O5/c1-14-5-8-27(31-13-14)15(2)24-23(32-27)11-18-16-9-20(28)19-10-21(29)22(30)12-26(19,4)17(16)6-7-25(18,24)3/h14-24,28-30H,5-13H2,1-4H3/t14-,15-,16?,17?,18?,19+,20+,21+,22-,23?,24?,25-,26+,27+/m0/s1. The van der Waals surface area contributed by atoms with Crippen LogP contribution < -0.4 is 0 Å². The molecule has 0 aromatic carbocycles. The highest BCUT2D eigenvalue weighted by atomic mass is 16.7. The van der Waals surface area contributed by atoms with Crippen LogP contribution in [0, 0.1) is 52.3 Å². The maximum atomic E-state index is 11.3. The third kappa shape index (κ3) is 2.81. The van der Waals surface area contributed by atoms with E-state index in [4.69, 9.17) is 9.47 Å². The molecule has 0 aromatic heterocycles. The average Bonchev–Trinajstić information content (AvgIpc) is 3.18. The summed E-state index contributed by atoms with van der Waals surface area (Å²) in [6.45, 7) is 10.3. The molecule has 0 bridgehead atoms. The van der Waals surface area contributed by atoms with E-state index in [1.54, 1.807) is 0 Å². The quantitative estimate of drug-likeness (QED) is 0.526. The number of fused-ring (bicyclic) bond motifs is 7. The lowest BCUT2D eigenvalue weighted by molar-refractivity contribution is -0.273. The van der Waals surface area contributed by atoms with Gasteiger partial charge in [0.05, 0.1) is 31.0 Å². The highest BCUT2D eigenvalue weighted by molar-refractivity contribution is 5.16. The Balaban J connectivity index is 1.28. The summed E-state index contributed by atoms with van der Waals surface area (Å²) in [5.41, 5.74) is 0.146. The van der Waals surface area contributed by atoms with Crippen molar-refractivity contribution in [2.45, 2.75) is 109 Å². The molecule has 0 amide bonds. The minimum atomic E-state index is -0.692. The largest absolute Gasteiger partial charge is 0.393 e. The Kier molecular flexibility index (Phi) is 4.99. The number of hydrogen-bond donors (Lipinski definition) is 3. The van der Waals surface area contributed by atoms with Crippen LogP contribution in [-0.4, -0.2) is 52.1 Å². The van der Waals surface area contributed by atoms with Crippen LogP contribution in [0.15, 0.2) is 0 Å². The minimum Gasteiger partial charge on any atom is -0.393 e. The van der Waals surface area contributed by atoms with Crippen molar-refractivity contribution in [3.63, 3.8) is 0 Å². The van der Waals surface area contributed by atoms with Gasteiger partial charge in [-0.3, -0.25) is 0 Å². The fourth-order valence-corrected chi connectivity index (χ4v) is 10.3. The summed E-state index contributed by atoms with van der Waals surface area (Å²) in [5, 5.41) is 32.1. The van der Waals surface area contributed by atoms with Crippen molar-refractivity contribution < 1.29 is 24.8 Å². The Bertz CT molecular complexity index is 748. The second-order valence-corrected chi connectivity index (χ2v) is 13.4. The summed E-state index contributed by atoms with van der Waals surface area (Å²) in [5.74, 6) is 2.86. The van der Waals surface area contributed by atoms with Crippen molar-refractivity contribution in [2.24, 2.45) is 52.3 Å². The number of aliphatic hydroxyl groups excluding tert-OH is 3. The molecule has 14 atom stereocenters. The SMILES string of the molecule is C[C@H]1CC[C@@]2(OC1)OC1CC3C4C[C@@H](O)[C@H]5C[C@@H](O)[C@@H](O)C[C@]5(C)C4CC[C@]3(C)C1[C@@H]2C. The highest BCUT2D eigenvalue weighted by Gasteiger charge is 2.70. The van der Waals surface area contributed by atoms with E-state index in [1.165, 1.54) is 19.3 Å². The Hall–Kier alpha value is -0.200. The third-order valence-corrected chi connectivity index (χ3v) is 12.0. The van der Waals surface area contributed by atoms with Gasteiger partial charge in [0.2, 0.25) is 0 Å². The summed E-state index contributed by atoms with van der Waals surface area (Å²) >= 11 is 0. The maximum absolute atomic E-state index is 11.3. The van der Waals surface area contributed by atoms with E-state index in [9.17, 15) is 15.3 Å². The van der Waals surface area contributed by atoms with Gasteiger partial charge in [0, 0.05) is 12.3 Å². The topological polar surface area (TPSA) is 79.2 Å². The Morgan fingerprint density at radius 1 is 0.781 bits per heavy atom. The van der Waals surface area contributed by atoms with E-state index >= 15 is 0 Å². The molecule has 3 N–H and O–H groups in total. The van der Waals surface area contributed by atoms with Crippen LogP contribution in [0.1, 0.15) is 79.1 Å². The van der Waals surface area contributed by atoms with Crippen LogP contribution in [0.4, 0.5) is 0 Å². The second kappa shape index (κ2) is 7.16. The maximum Gasteiger partial charge on any atom is 0.171 e. The Morgan fingerprint density at radius 2 is 1.56 bits per heavy atom. The molecule has 0 radical (unpaired) electrons. The molecule has 2 heterocycles. The van der Waals surface area contributed by atoms with Crippen molar-refractivity contribution in [2.75, 3.05) is 6.61 Å². The van der Waals surface area contributed by atoms with Gasteiger partial charge in [-0.05, 0) is 91.3 Å². The number of hydrogen-bond acceptors (Lipinski definition) is 5. The molecule has 6 fully saturated rings. The van der Waals surface area contributed by atoms with Crippen molar-refractivity contribution in [3.8, 4) is 0 Å². The van der Waals surface area contributed by atoms with Gasteiger partial charge in [0.25, 0.3) is 0 Å². The van der Waals surface area contributed by atoms with Gasteiger partial charge in [0.1, 0.15) is 0 Å². The summed E-state index contributed by atoms with van der Waals surface area (Å²) in [6.07, 6.45) is 6.22. The van der Waals surface area contributed by atoms with Crippen LogP contribution in [0.3, 0.4) is 0 Å². The molecule has 5 unspecified atom stereocenters. The molecular formula is C27H44O5. The monoisotopic (exact) mass is 448 g/mol. The van der Waals surface area contributed by atoms with E-state index < -0.39 is 12.2 Å². The second-order valence-electron chi connectivity index (χ2n) is 13.4. The minimum absolute atomic E-state index is 0.0870. The third-order valence-electron chi connectivity index (χ3n) is 12.0. The summed E-state index contributed by atoms with van der Waals surface area (Å²) in [4.78, 5) is 0. The van der Waals surface area contributed by atoms with Crippen molar-refractivity contribution in [1.29, 1.82) is 0 Å². The summed E-state index contributed by atoms with van der Waals surface area (Å²) < 4.78 is 13.3. The van der Waals surface area contributed by atoms with Gasteiger partial charge < -0.3 is 24.8 Å². The molecule has 4 saturated carbocycles. The molecule has 0 aromatic rings. The molecule has 2 aliphatic heterocycles. The Labute approximate surface area is 193 Å². The van der Waals surface area contributed by atoms with E-state index in [0.29, 0.717) is 48.3 Å². The molecule has 5 nitrogen and oxygen atoms in total. The average molecular weight is 449 g/mol. The van der Waals surface area contributed by atoms with E-state index in [2.05, 4.69) is 27.7 Å². The molecule has 6 rings (SSSR count). The lowest BCUT2D eigenvalue weighted by atomic mass is 9.43. The van der Waals surface area contributed by atoms with Crippen molar-refractivity contribution >= 4 is 0 Å². The van der Waals surface area contributed by atoms with E-state index in [1.807, 2.05) is 0 Å². The Morgan fingerprint density at radius 3 is 2.28 bits per heavy atom. The molecule has 2 saturated heterocycles. The predicted molar refractivity (Wildman–Crippen MR) is 121 cm³/mol. The molecule has 6 aliphatic rings. The number of ether oxygens (including phenoxy) is 2. The van der Waals surface area contributed by atoms with Crippen LogP contribution >= 0.6 is 0 Å². The van der Waals surface area contributed by atoms with Crippen LogP contribution in [0.2, 0.25) is 0 Å². The van der Waals surface area contributed by atoms with Crippen molar-refractivity contribution in [1.82, 2.24) is 0 Å². The molecule has 182 valence electrons. The van der Waals surface area contributed by atoms with E-state index in [-0.39, 0.29) is 34.7 Å². The number of rotatable bonds is 0. The first-order valence-electron chi connectivity index (χ1n) is 13.4. The zero-order chi connectivity index (χ0) is 22.6. The molecule has 32 heavy (non-hydrogen) atoms.